The molecule has 0 aromatic rings. The quantitative estimate of drug-likeness (QED) is 0.194. The van der Waals surface area contributed by atoms with E-state index in [-0.39, 0.29) is 6.29 Å². The summed E-state index contributed by atoms with van der Waals surface area (Å²) in [6.07, 6.45) is -7.82. The molecule has 1 unspecified atom stereocenters. The van der Waals surface area contributed by atoms with E-state index < -0.39 is 38.8 Å². The molecule has 9 nitrogen and oxygen atoms in total. The Kier molecular flexibility index (Phi) is 5.46. The van der Waals surface area contributed by atoms with Gasteiger partial charge in [-0.15, -0.1) is 0 Å². The third-order valence-corrected chi connectivity index (χ3v) is 2.12. The molecule has 0 bridgehead atoms. The minimum absolute atomic E-state index is 0.0642. The van der Waals surface area contributed by atoms with E-state index in [9.17, 15) is 19.6 Å². The molecular weight excluding hydrogens is 247 g/mol. The van der Waals surface area contributed by atoms with Crippen LogP contribution in [0.2, 0.25) is 0 Å². The van der Waals surface area contributed by atoms with E-state index in [1.54, 1.807) is 0 Å². The van der Waals surface area contributed by atoms with Crippen molar-refractivity contribution in [1.82, 2.24) is 0 Å². The smallest absolute Gasteiger partial charge is 0.388 e. The normalized spacial score (nSPS) is 23.7. The Morgan fingerprint density at radius 2 is 1.88 bits per heavy atom. The number of aldehydes is 1. The first kappa shape index (κ1) is 13.7. The number of carbonyl (C=O) groups excluding carboxylic acids is 1. The van der Waals surface area contributed by atoms with Crippen molar-refractivity contribution in [2.45, 2.75) is 24.4 Å². The van der Waals surface area contributed by atoms with E-state index >= 15 is 0 Å². The Morgan fingerprint density at radius 3 is 2.31 bits per heavy atom. The molecule has 6 N–H and O–H groups in total. The lowest BCUT2D eigenvalue weighted by Gasteiger charge is -2.23. The highest BCUT2D eigenvalue weighted by atomic mass is 31.2. The second kappa shape index (κ2) is 6.38. The Morgan fingerprint density at radius 1 is 1.31 bits per heavy atom. The van der Waals surface area contributed by atoms with Crippen LogP contribution in [0.3, 0.4) is 0 Å². The summed E-state index contributed by atoms with van der Waals surface area (Å²) in [5, 5.41) is 36.3. The van der Waals surface area contributed by atoms with Gasteiger partial charge in [0.1, 0.15) is 24.4 Å². The molecule has 96 valence electrons. The van der Waals surface area contributed by atoms with Crippen LogP contribution in [0.15, 0.2) is 0 Å². The average Bonchev–Trinajstić information content (AvgIpc) is 2.33. The number of phosphoric ester groups is 1. The van der Waals surface area contributed by atoms with Crippen molar-refractivity contribution in [3.63, 3.8) is 0 Å². The molecule has 5 atom stereocenters. The minimum atomic E-state index is -4.65. The monoisotopic (exact) mass is 261 g/mol. The highest BCUT2D eigenvalue weighted by molar-refractivity contribution is 7.46. The predicted molar refractivity (Wildman–Crippen MR) is 48.1 cm³/mol. The van der Waals surface area contributed by atoms with Crippen LogP contribution in [0.1, 0.15) is 0 Å². The van der Waals surface area contributed by atoms with Gasteiger partial charge in [-0.25, -0.2) is 4.57 Å². The minimum Gasteiger partial charge on any atom is -0.388 e. The molecule has 0 rings (SSSR count). The van der Waals surface area contributed by atoms with E-state index in [0.717, 1.165) is 0 Å². The second-order valence-electron chi connectivity index (χ2n) is 2.94. The molecule has 0 saturated heterocycles. The van der Waals surface area contributed by atoms with Gasteiger partial charge in [0.25, 0.3) is 0 Å². The van der Waals surface area contributed by atoms with Crippen molar-refractivity contribution in [1.29, 1.82) is 1.43 Å². The summed E-state index contributed by atoms with van der Waals surface area (Å²) < 4.78 is 20.8. The van der Waals surface area contributed by atoms with Crippen molar-refractivity contribution in [2.75, 3.05) is 6.61 Å². The summed E-state index contributed by atoms with van der Waals surface area (Å²) in [6.45, 7) is -0.948. The maximum atomic E-state index is 10.6. The van der Waals surface area contributed by atoms with E-state index in [0.29, 0.717) is 0 Å². The van der Waals surface area contributed by atoms with Crippen LogP contribution in [-0.4, -0.2) is 69.0 Å². The van der Waals surface area contributed by atoms with Crippen LogP contribution in [-0.2, 0) is 13.9 Å². The lowest BCUT2D eigenvalue weighted by Crippen LogP contribution is -2.46. The predicted octanol–water partition coefficient (Wildman–Crippen LogP) is -3.26. The van der Waals surface area contributed by atoms with Crippen LogP contribution in [0.5, 0.6) is 0 Å². The molecule has 0 aromatic carbocycles. The van der Waals surface area contributed by atoms with Crippen LogP contribution in [0.4, 0.5) is 0 Å². The fourth-order valence-corrected chi connectivity index (χ4v) is 1.12. The first-order valence-electron chi connectivity index (χ1n) is 4.45. The SMILES string of the molecule is [2H]OP(=O)(O)OC[C@@H](O)[C@@H](O)[C@H](O)[C@@H](O)C=O. The summed E-state index contributed by atoms with van der Waals surface area (Å²) in [5.41, 5.74) is 0. The van der Waals surface area contributed by atoms with Crippen molar-refractivity contribution in [3.8, 4) is 0 Å². The van der Waals surface area contributed by atoms with Gasteiger partial charge in [0.05, 0.1) is 6.61 Å². The molecule has 0 aliphatic heterocycles. The number of aliphatic hydroxyl groups is 4. The number of phosphoric acid groups is 1. The number of hydrogen-bond acceptors (Lipinski definition) is 8. The zero-order valence-corrected chi connectivity index (χ0v) is 8.80. The van der Waals surface area contributed by atoms with Gasteiger partial charge in [0.2, 0.25) is 1.43 Å². The Bertz CT molecular complexity index is 287. The van der Waals surface area contributed by atoms with Gasteiger partial charge < -0.3 is 35.0 Å². The van der Waals surface area contributed by atoms with Crippen molar-refractivity contribution >= 4 is 14.1 Å². The Labute approximate surface area is 91.6 Å². The molecule has 0 amide bonds. The lowest BCUT2D eigenvalue weighted by molar-refractivity contribution is -0.136. The van der Waals surface area contributed by atoms with Gasteiger partial charge in [-0.05, 0) is 0 Å². The van der Waals surface area contributed by atoms with Gasteiger partial charge in [0.15, 0.2) is 6.29 Å². The summed E-state index contributed by atoms with van der Waals surface area (Å²) >= 11 is 0. The fourth-order valence-electron chi connectivity index (χ4n) is 0.779. The summed E-state index contributed by atoms with van der Waals surface area (Å²) in [7, 11) is -4.65. The molecule has 10 heteroatoms. The van der Waals surface area contributed by atoms with Crippen LogP contribution >= 0.6 is 7.82 Å². The summed E-state index contributed by atoms with van der Waals surface area (Å²) in [6, 6.07) is 0. The largest absolute Gasteiger partial charge is 0.469 e. The molecule has 0 aliphatic carbocycles. The molecule has 0 spiro atoms. The van der Waals surface area contributed by atoms with Crippen LogP contribution in [0, 0.1) is 0 Å². The van der Waals surface area contributed by atoms with Crippen LogP contribution in [0.25, 0.3) is 0 Å². The first-order valence-corrected chi connectivity index (χ1v) is 5.54. The molecule has 0 fully saturated rings. The van der Waals surface area contributed by atoms with Gasteiger partial charge in [-0.3, -0.25) is 4.52 Å². The zero-order chi connectivity index (χ0) is 13.6. The van der Waals surface area contributed by atoms with Gasteiger partial charge in [-0.1, -0.05) is 0 Å². The van der Waals surface area contributed by atoms with Gasteiger partial charge in [-0.2, -0.15) is 0 Å². The summed E-state index contributed by atoms with van der Waals surface area (Å²) in [4.78, 5) is 22.0. The standard InChI is InChI=1S/C6H13O9P/c7-1-3(8)5(10)6(11)4(9)2-15-16(12,13)14/h1,3-6,8-11H,2H2,(H2,12,13,14)/t3-,4+,5+,6+/m0/s1/i/hD. The molecular formula is C6H13O9P. The highest BCUT2D eigenvalue weighted by Crippen LogP contribution is 2.35. The maximum absolute atomic E-state index is 10.6. The lowest BCUT2D eigenvalue weighted by atomic mass is 10.0. The van der Waals surface area contributed by atoms with E-state index in [1.165, 1.54) is 0 Å². The zero-order valence-electron chi connectivity index (χ0n) is 8.91. The maximum Gasteiger partial charge on any atom is 0.469 e. The van der Waals surface area contributed by atoms with Gasteiger partial charge in [0, 0.05) is 0 Å². The van der Waals surface area contributed by atoms with Gasteiger partial charge >= 0.3 is 7.82 Å². The number of hydrogen-bond donors (Lipinski definition) is 6. The molecule has 0 radical (unpaired) electrons. The molecule has 0 heterocycles. The Balaban J connectivity index is 4.27. The van der Waals surface area contributed by atoms with Crippen molar-refractivity contribution in [2.24, 2.45) is 0 Å². The average molecular weight is 261 g/mol. The Hall–Kier alpha value is -0.380. The molecule has 0 saturated carbocycles. The third-order valence-electron chi connectivity index (χ3n) is 1.64. The molecule has 0 aromatic heterocycles. The number of rotatable bonds is 8. The highest BCUT2D eigenvalue weighted by Gasteiger charge is 2.31. The molecule has 16 heavy (non-hydrogen) atoms. The topological polar surface area (TPSA) is 165 Å². The third kappa shape index (κ3) is 5.64. The van der Waals surface area contributed by atoms with Crippen molar-refractivity contribution in [3.05, 3.63) is 0 Å². The first-order chi connectivity index (χ1) is 7.75. The van der Waals surface area contributed by atoms with Crippen molar-refractivity contribution < 1.29 is 44.1 Å². The summed E-state index contributed by atoms with van der Waals surface area (Å²) in [5.74, 6) is 0. The fraction of sp³-hybridized carbons (Fsp3) is 0.833. The molecule has 0 aliphatic rings. The van der Waals surface area contributed by atoms with E-state index in [1.807, 2.05) is 0 Å². The van der Waals surface area contributed by atoms with Crippen LogP contribution < -0.4 is 0 Å². The van der Waals surface area contributed by atoms with E-state index in [4.69, 9.17) is 16.5 Å². The number of carbonyl (C=O) groups is 1. The number of aliphatic hydroxyl groups excluding tert-OH is 4. The second-order valence-corrected chi connectivity index (χ2v) is 4.13. The van der Waals surface area contributed by atoms with E-state index in [2.05, 4.69) is 9.42 Å².